The van der Waals surface area contributed by atoms with Crippen molar-refractivity contribution in [1.82, 2.24) is 10.2 Å². The summed E-state index contributed by atoms with van der Waals surface area (Å²) < 4.78 is 4.88. The lowest BCUT2D eigenvalue weighted by atomic mass is 10.1. The molecule has 2 amide bonds. The number of carbonyl (C=O) groups excluding carboxylic acids is 2. The fourth-order valence-electron chi connectivity index (χ4n) is 2.65. The minimum atomic E-state index is -1.06. The summed E-state index contributed by atoms with van der Waals surface area (Å²) in [6.45, 7) is 1.91. The number of rotatable bonds is 9. The van der Waals surface area contributed by atoms with Crippen molar-refractivity contribution in [2.24, 2.45) is 5.92 Å². The van der Waals surface area contributed by atoms with Crippen LogP contribution in [0.3, 0.4) is 0 Å². The van der Waals surface area contributed by atoms with Gasteiger partial charge in [-0.05, 0) is 19.8 Å². The molecule has 1 rings (SSSR count). The van der Waals surface area contributed by atoms with Gasteiger partial charge < -0.3 is 20.1 Å². The first-order valence-corrected chi connectivity index (χ1v) is 7.73. The second-order valence-electron chi connectivity index (χ2n) is 5.80. The monoisotopic (exact) mass is 314 g/mol. The SMILES string of the molecule is COCCN(CC(=O)O)C(=O)CC(C)NC(=O)C1CCCC1. The van der Waals surface area contributed by atoms with Crippen LogP contribution in [0, 0.1) is 5.92 Å². The Morgan fingerprint density at radius 1 is 1.32 bits per heavy atom. The zero-order valence-corrected chi connectivity index (χ0v) is 13.3. The molecule has 0 heterocycles. The molecule has 1 atom stereocenters. The fourth-order valence-corrected chi connectivity index (χ4v) is 2.65. The molecule has 7 nitrogen and oxygen atoms in total. The summed E-state index contributed by atoms with van der Waals surface area (Å²) in [7, 11) is 1.49. The zero-order valence-electron chi connectivity index (χ0n) is 13.3. The largest absolute Gasteiger partial charge is 0.480 e. The molecule has 1 aliphatic rings. The predicted molar refractivity (Wildman–Crippen MR) is 80.3 cm³/mol. The van der Waals surface area contributed by atoms with E-state index in [1.165, 1.54) is 12.0 Å². The lowest BCUT2D eigenvalue weighted by Gasteiger charge is -2.23. The Bertz CT molecular complexity index is 393. The van der Waals surface area contributed by atoms with Gasteiger partial charge in [-0.2, -0.15) is 0 Å². The van der Waals surface area contributed by atoms with Crippen molar-refractivity contribution in [3.63, 3.8) is 0 Å². The Kier molecular flexibility index (Phi) is 7.87. The smallest absolute Gasteiger partial charge is 0.323 e. The number of nitrogens with one attached hydrogen (secondary N) is 1. The number of hydrogen-bond donors (Lipinski definition) is 2. The highest BCUT2D eigenvalue weighted by Crippen LogP contribution is 2.24. The van der Waals surface area contributed by atoms with Gasteiger partial charge in [0.15, 0.2) is 0 Å². The fraction of sp³-hybridized carbons (Fsp3) is 0.800. The molecule has 7 heteroatoms. The van der Waals surface area contributed by atoms with Crippen LogP contribution in [0.15, 0.2) is 0 Å². The van der Waals surface area contributed by atoms with Crippen LogP contribution in [0.25, 0.3) is 0 Å². The Balaban J connectivity index is 2.44. The van der Waals surface area contributed by atoms with E-state index in [1.54, 1.807) is 6.92 Å². The van der Waals surface area contributed by atoms with Gasteiger partial charge in [-0.15, -0.1) is 0 Å². The van der Waals surface area contributed by atoms with Gasteiger partial charge in [-0.3, -0.25) is 14.4 Å². The van der Waals surface area contributed by atoms with Gasteiger partial charge in [0.1, 0.15) is 6.54 Å². The van der Waals surface area contributed by atoms with Crippen LogP contribution >= 0.6 is 0 Å². The topological polar surface area (TPSA) is 95.9 Å². The van der Waals surface area contributed by atoms with Crippen molar-refractivity contribution >= 4 is 17.8 Å². The van der Waals surface area contributed by atoms with E-state index in [4.69, 9.17) is 9.84 Å². The number of methoxy groups -OCH3 is 1. The summed E-state index contributed by atoms with van der Waals surface area (Å²) in [6, 6.07) is -0.306. The molecule has 0 aromatic carbocycles. The lowest BCUT2D eigenvalue weighted by Crippen LogP contribution is -2.43. The standard InChI is InChI=1S/C15H26N2O5/c1-11(16-15(21)12-5-3-4-6-12)9-13(18)17(7-8-22-2)10-14(19)20/h11-12H,3-10H2,1-2H3,(H,16,21)(H,19,20). The number of carbonyl (C=O) groups is 3. The van der Waals surface area contributed by atoms with Gasteiger partial charge in [0, 0.05) is 32.0 Å². The number of hydrogen-bond acceptors (Lipinski definition) is 4. The first kappa shape index (κ1) is 18.4. The van der Waals surface area contributed by atoms with Crippen LogP contribution in [0.1, 0.15) is 39.0 Å². The third-order valence-electron chi connectivity index (χ3n) is 3.84. The number of carboxylic acids is 1. The minimum Gasteiger partial charge on any atom is -0.480 e. The van der Waals surface area contributed by atoms with Crippen LogP contribution in [0.4, 0.5) is 0 Å². The highest BCUT2D eigenvalue weighted by atomic mass is 16.5. The van der Waals surface area contributed by atoms with Crippen molar-refractivity contribution < 1.29 is 24.2 Å². The molecule has 0 bridgehead atoms. The molecule has 0 spiro atoms. The van der Waals surface area contributed by atoms with Gasteiger partial charge in [-0.25, -0.2) is 0 Å². The quantitative estimate of drug-likeness (QED) is 0.651. The molecule has 0 aliphatic heterocycles. The van der Waals surface area contributed by atoms with E-state index in [2.05, 4.69) is 5.32 Å². The minimum absolute atomic E-state index is 0.000485. The molecule has 0 radical (unpaired) electrons. The maximum atomic E-state index is 12.2. The zero-order chi connectivity index (χ0) is 16.5. The van der Waals surface area contributed by atoms with Gasteiger partial charge >= 0.3 is 5.97 Å². The first-order chi connectivity index (χ1) is 10.4. The maximum Gasteiger partial charge on any atom is 0.323 e. The summed E-state index contributed by atoms with van der Waals surface area (Å²) in [5.41, 5.74) is 0. The molecule has 1 saturated carbocycles. The molecular weight excluding hydrogens is 288 g/mol. The molecule has 0 saturated heterocycles. The van der Waals surface area contributed by atoms with Crippen molar-refractivity contribution in [3.8, 4) is 0 Å². The van der Waals surface area contributed by atoms with E-state index in [9.17, 15) is 14.4 Å². The summed E-state index contributed by atoms with van der Waals surface area (Å²) in [6.07, 6.45) is 4.07. The van der Waals surface area contributed by atoms with Crippen LogP contribution < -0.4 is 5.32 Å². The van der Waals surface area contributed by atoms with Crippen LogP contribution in [0.5, 0.6) is 0 Å². The molecule has 0 aromatic rings. The lowest BCUT2D eigenvalue weighted by molar-refractivity contribution is -0.145. The number of amides is 2. The third-order valence-corrected chi connectivity index (χ3v) is 3.84. The molecule has 1 unspecified atom stereocenters. The Morgan fingerprint density at radius 2 is 1.95 bits per heavy atom. The van der Waals surface area contributed by atoms with Crippen molar-refractivity contribution in [1.29, 1.82) is 0 Å². The van der Waals surface area contributed by atoms with Gasteiger partial charge in [0.05, 0.1) is 6.61 Å². The van der Waals surface area contributed by atoms with Crippen LogP contribution in [0.2, 0.25) is 0 Å². The summed E-state index contributed by atoms with van der Waals surface area (Å²) in [4.78, 5) is 36.2. The summed E-state index contributed by atoms with van der Waals surface area (Å²) >= 11 is 0. The maximum absolute atomic E-state index is 12.2. The van der Waals surface area contributed by atoms with Gasteiger partial charge in [0.25, 0.3) is 0 Å². The van der Waals surface area contributed by atoms with E-state index in [1.807, 2.05) is 0 Å². The normalized spacial score (nSPS) is 16.3. The van der Waals surface area contributed by atoms with E-state index in [-0.39, 0.29) is 49.9 Å². The predicted octanol–water partition coefficient (Wildman–Crippen LogP) is 0.631. The van der Waals surface area contributed by atoms with E-state index >= 15 is 0 Å². The number of nitrogens with zero attached hydrogens (tertiary/aromatic N) is 1. The average molecular weight is 314 g/mol. The van der Waals surface area contributed by atoms with Crippen LogP contribution in [-0.2, 0) is 19.1 Å². The van der Waals surface area contributed by atoms with Crippen molar-refractivity contribution in [3.05, 3.63) is 0 Å². The second-order valence-corrected chi connectivity index (χ2v) is 5.80. The molecule has 0 aromatic heterocycles. The third kappa shape index (κ3) is 6.43. The highest BCUT2D eigenvalue weighted by molar-refractivity contribution is 5.83. The van der Waals surface area contributed by atoms with E-state index in [0.717, 1.165) is 25.7 Å². The highest BCUT2D eigenvalue weighted by Gasteiger charge is 2.25. The summed E-state index contributed by atoms with van der Waals surface area (Å²) in [5.74, 6) is -1.30. The molecule has 1 aliphatic carbocycles. The Labute approximate surface area is 131 Å². The molecule has 22 heavy (non-hydrogen) atoms. The Morgan fingerprint density at radius 3 is 2.50 bits per heavy atom. The molecule has 1 fully saturated rings. The summed E-state index contributed by atoms with van der Waals surface area (Å²) in [5, 5.41) is 11.7. The van der Waals surface area contributed by atoms with Crippen molar-refractivity contribution in [2.45, 2.75) is 45.1 Å². The molecular formula is C15H26N2O5. The number of ether oxygens (including phenoxy) is 1. The van der Waals surface area contributed by atoms with Gasteiger partial charge in [0.2, 0.25) is 11.8 Å². The second kappa shape index (κ2) is 9.40. The first-order valence-electron chi connectivity index (χ1n) is 7.73. The Hall–Kier alpha value is -1.63. The van der Waals surface area contributed by atoms with Gasteiger partial charge in [-0.1, -0.05) is 12.8 Å². The molecule has 2 N–H and O–H groups in total. The van der Waals surface area contributed by atoms with E-state index in [0.29, 0.717) is 0 Å². The number of aliphatic carboxylic acids is 1. The van der Waals surface area contributed by atoms with Crippen molar-refractivity contribution in [2.75, 3.05) is 26.8 Å². The number of carboxylic acid groups (broad SMARTS) is 1. The average Bonchev–Trinajstić information content (AvgIpc) is 2.96. The molecule has 126 valence electrons. The van der Waals surface area contributed by atoms with Crippen LogP contribution in [-0.4, -0.2) is 60.6 Å². The van der Waals surface area contributed by atoms with E-state index < -0.39 is 5.97 Å².